The van der Waals surface area contributed by atoms with Crippen LogP contribution >= 0.6 is 0 Å². The summed E-state index contributed by atoms with van der Waals surface area (Å²) in [6.07, 6.45) is -3.39. The van der Waals surface area contributed by atoms with Crippen molar-refractivity contribution in [3.05, 3.63) is 11.8 Å². The van der Waals surface area contributed by atoms with Gasteiger partial charge in [0.15, 0.2) is 0 Å². The Morgan fingerprint density at radius 3 is 2.50 bits per heavy atom. The summed E-state index contributed by atoms with van der Waals surface area (Å²) in [5.74, 6) is -2.22. The molecule has 1 aromatic rings. The topological polar surface area (TPSA) is 65.2 Å². The van der Waals surface area contributed by atoms with Gasteiger partial charge in [-0.2, -0.15) is 13.2 Å². The molecule has 112 valence electrons. The Balaban J connectivity index is 1.96. The molecule has 1 saturated carbocycles. The predicted molar refractivity (Wildman–Crippen MR) is 61.0 cm³/mol. The van der Waals surface area contributed by atoms with E-state index >= 15 is 0 Å². The van der Waals surface area contributed by atoms with Crippen molar-refractivity contribution in [3.8, 4) is 0 Å². The van der Waals surface area contributed by atoms with Crippen LogP contribution in [0.3, 0.4) is 0 Å². The van der Waals surface area contributed by atoms with E-state index in [1.54, 1.807) is 6.92 Å². The van der Waals surface area contributed by atoms with E-state index in [-0.39, 0.29) is 37.1 Å². The molecule has 2 rings (SSSR count). The number of aromatic nitrogens is 2. The summed E-state index contributed by atoms with van der Waals surface area (Å²) < 4.78 is 47.5. The Labute approximate surface area is 113 Å². The second-order valence-electron chi connectivity index (χ2n) is 4.76. The third kappa shape index (κ3) is 3.29. The van der Waals surface area contributed by atoms with Gasteiger partial charge in [0.25, 0.3) is 0 Å². The van der Waals surface area contributed by atoms with Gasteiger partial charge in [-0.3, -0.25) is 0 Å². The average molecular weight is 292 g/mol. The number of rotatable bonds is 3. The zero-order valence-corrected chi connectivity index (χ0v) is 10.9. The van der Waals surface area contributed by atoms with Gasteiger partial charge in [-0.15, -0.1) is 10.2 Å². The summed E-state index contributed by atoms with van der Waals surface area (Å²) >= 11 is 0. The maximum Gasteiger partial charge on any atom is 0.396 e. The van der Waals surface area contributed by atoms with Crippen LogP contribution in [0.2, 0.25) is 0 Å². The van der Waals surface area contributed by atoms with Crippen LogP contribution in [0.15, 0.2) is 4.42 Å². The highest BCUT2D eigenvalue weighted by Gasteiger charge is 2.42. The second-order valence-corrected chi connectivity index (χ2v) is 4.76. The molecule has 0 atom stereocenters. The van der Waals surface area contributed by atoms with Crippen molar-refractivity contribution in [2.24, 2.45) is 5.92 Å². The van der Waals surface area contributed by atoms with Gasteiger partial charge in [-0.25, -0.2) is 4.79 Å². The number of nitrogens with zero attached hydrogens (tertiary/aromatic N) is 2. The maximum absolute atomic E-state index is 12.6. The smallest absolute Gasteiger partial charge is 0.396 e. The first kappa shape index (κ1) is 14.8. The van der Waals surface area contributed by atoms with Crippen molar-refractivity contribution in [1.82, 2.24) is 10.2 Å². The van der Waals surface area contributed by atoms with Gasteiger partial charge in [-0.05, 0) is 32.6 Å². The monoisotopic (exact) mass is 292 g/mol. The number of carbonyl (C=O) groups excluding carboxylic acids is 1. The van der Waals surface area contributed by atoms with Crippen molar-refractivity contribution in [1.29, 1.82) is 0 Å². The number of alkyl halides is 3. The molecule has 0 saturated heterocycles. The van der Waals surface area contributed by atoms with Crippen LogP contribution in [-0.2, 0) is 4.74 Å². The summed E-state index contributed by atoms with van der Waals surface area (Å²) in [7, 11) is 0. The van der Waals surface area contributed by atoms with Crippen molar-refractivity contribution < 1.29 is 27.1 Å². The minimum absolute atomic E-state index is 0.0469. The zero-order chi connectivity index (χ0) is 14.8. The van der Waals surface area contributed by atoms with E-state index in [1.807, 2.05) is 0 Å². The molecule has 0 aromatic carbocycles. The molecule has 0 radical (unpaired) electrons. The number of carbonyl (C=O) groups is 1. The molecule has 1 aromatic heterocycles. The largest absolute Gasteiger partial charge is 0.459 e. The van der Waals surface area contributed by atoms with Crippen LogP contribution in [0.25, 0.3) is 0 Å². The van der Waals surface area contributed by atoms with E-state index in [0.29, 0.717) is 12.8 Å². The van der Waals surface area contributed by atoms with Crippen LogP contribution in [0.1, 0.15) is 55.1 Å². The van der Waals surface area contributed by atoms with Crippen molar-refractivity contribution in [3.63, 3.8) is 0 Å². The molecule has 0 unspecified atom stereocenters. The van der Waals surface area contributed by atoms with Gasteiger partial charge in [0.2, 0.25) is 5.89 Å². The third-order valence-electron chi connectivity index (χ3n) is 3.43. The van der Waals surface area contributed by atoms with E-state index in [0.717, 1.165) is 0 Å². The summed E-state index contributed by atoms with van der Waals surface area (Å²) in [4.78, 5) is 11.4. The summed E-state index contributed by atoms with van der Waals surface area (Å²) in [6.45, 7) is 1.83. The third-order valence-corrected chi connectivity index (χ3v) is 3.43. The SMILES string of the molecule is CCOC(=O)c1nnc(C2CCC(C(F)(F)F)CC2)o1. The summed E-state index contributed by atoms with van der Waals surface area (Å²) in [5.41, 5.74) is 0. The Morgan fingerprint density at radius 2 is 1.95 bits per heavy atom. The quantitative estimate of drug-likeness (QED) is 0.801. The molecule has 0 spiro atoms. The van der Waals surface area contributed by atoms with Gasteiger partial charge in [-0.1, -0.05) is 0 Å². The fourth-order valence-electron chi connectivity index (χ4n) is 2.34. The first-order valence-corrected chi connectivity index (χ1v) is 6.49. The molecule has 0 bridgehead atoms. The number of esters is 1. The zero-order valence-electron chi connectivity index (χ0n) is 10.9. The highest BCUT2D eigenvalue weighted by atomic mass is 19.4. The van der Waals surface area contributed by atoms with Crippen LogP contribution in [0.5, 0.6) is 0 Å². The number of ether oxygens (including phenoxy) is 1. The molecule has 0 aliphatic heterocycles. The van der Waals surface area contributed by atoms with E-state index in [1.165, 1.54) is 0 Å². The van der Waals surface area contributed by atoms with Crippen LogP contribution in [-0.4, -0.2) is 28.9 Å². The van der Waals surface area contributed by atoms with Gasteiger partial charge in [0, 0.05) is 5.92 Å². The minimum atomic E-state index is -4.14. The molecule has 20 heavy (non-hydrogen) atoms. The van der Waals surface area contributed by atoms with E-state index in [4.69, 9.17) is 9.15 Å². The number of hydrogen-bond donors (Lipinski definition) is 0. The number of halogens is 3. The molecule has 1 heterocycles. The normalized spacial score (nSPS) is 23.6. The average Bonchev–Trinajstić information content (AvgIpc) is 2.88. The fraction of sp³-hybridized carbons (Fsp3) is 0.750. The van der Waals surface area contributed by atoms with Crippen molar-refractivity contribution in [2.75, 3.05) is 6.61 Å². The van der Waals surface area contributed by atoms with Gasteiger partial charge in [0.05, 0.1) is 12.5 Å². The molecule has 1 fully saturated rings. The first-order valence-electron chi connectivity index (χ1n) is 6.49. The Bertz CT molecular complexity index is 465. The molecule has 1 aliphatic rings. The highest BCUT2D eigenvalue weighted by molar-refractivity contribution is 5.83. The summed E-state index contributed by atoms with van der Waals surface area (Å²) in [6, 6.07) is 0. The molecule has 0 N–H and O–H groups in total. The Morgan fingerprint density at radius 1 is 1.30 bits per heavy atom. The van der Waals surface area contributed by atoms with Gasteiger partial charge < -0.3 is 9.15 Å². The Kier molecular flexibility index (Phi) is 4.29. The molecule has 0 amide bonds. The summed E-state index contributed by atoms with van der Waals surface area (Å²) in [5, 5.41) is 7.30. The van der Waals surface area contributed by atoms with Crippen LogP contribution in [0, 0.1) is 5.92 Å². The van der Waals surface area contributed by atoms with Crippen molar-refractivity contribution in [2.45, 2.75) is 44.7 Å². The van der Waals surface area contributed by atoms with Crippen LogP contribution in [0.4, 0.5) is 13.2 Å². The predicted octanol–water partition coefficient (Wildman–Crippen LogP) is 3.08. The second kappa shape index (κ2) is 5.80. The molecule has 5 nitrogen and oxygen atoms in total. The van der Waals surface area contributed by atoms with Crippen molar-refractivity contribution >= 4 is 5.97 Å². The maximum atomic E-state index is 12.6. The molecule has 1 aliphatic carbocycles. The Hall–Kier alpha value is -1.60. The molecular weight excluding hydrogens is 277 g/mol. The molecular formula is C12H15F3N2O3. The molecule has 8 heteroatoms. The number of hydrogen-bond acceptors (Lipinski definition) is 5. The van der Waals surface area contributed by atoms with E-state index in [2.05, 4.69) is 10.2 Å². The lowest BCUT2D eigenvalue weighted by atomic mass is 9.81. The first-order chi connectivity index (χ1) is 9.41. The van der Waals surface area contributed by atoms with E-state index in [9.17, 15) is 18.0 Å². The van der Waals surface area contributed by atoms with E-state index < -0.39 is 18.1 Å². The standard InChI is InChI=1S/C12H15F3N2O3/c1-2-19-11(18)10-17-16-9(20-10)7-3-5-8(6-4-7)12(13,14)15/h7-8H,2-6H2,1H3. The highest BCUT2D eigenvalue weighted by Crippen LogP contribution is 2.42. The van der Waals surface area contributed by atoms with Gasteiger partial charge >= 0.3 is 18.0 Å². The lowest BCUT2D eigenvalue weighted by Crippen LogP contribution is -2.27. The minimum Gasteiger partial charge on any atom is -0.459 e. The lowest BCUT2D eigenvalue weighted by molar-refractivity contribution is -0.182. The van der Waals surface area contributed by atoms with Gasteiger partial charge in [0.1, 0.15) is 0 Å². The fourth-order valence-corrected chi connectivity index (χ4v) is 2.34. The lowest BCUT2D eigenvalue weighted by Gasteiger charge is -2.27. The van der Waals surface area contributed by atoms with Crippen LogP contribution < -0.4 is 0 Å².